The number of carboxylic acid groups (broad SMARTS) is 1. The van der Waals surface area contributed by atoms with Gasteiger partial charge in [-0.05, 0) is 115 Å². The number of aliphatic hydroxyl groups excluding tert-OH is 7. The van der Waals surface area contributed by atoms with E-state index in [1.165, 1.54) is 58.8 Å². The van der Waals surface area contributed by atoms with Crippen molar-refractivity contribution in [3.8, 4) is 69.0 Å². The Labute approximate surface area is 695 Å². The molecule has 0 radical (unpaired) electrons. The second-order valence-electron chi connectivity index (χ2n) is 30.0. The Bertz CT molecular complexity index is 4950. The highest BCUT2D eigenvalue weighted by Crippen LogP contribution is 2.60. The van der Waals surface area contributed by atoms with Gasteiger partial charge in [0.15, 0.2) is 83.0 Å². The molecule has 9 aliphatic heterocycles. The summed E-state index contributed by atoms with van der Waals surface area (Å²) in [4.78, 5) is 83.2. The first kappa shape index (κ1) is 86.8. The van der Waals surface area contributed by atoms with Crippen LogP contribution in [0, 0.1) is 50.8 Å². The second-order valence-corrected chi connectivity index (χ2v) is 30.0. The molecule has 7 fully saturated rings. The summed E-state index contributed by atoms with van der Waals surface area (Å²) in [5.41, 5.74) is 3.15. The molecule has 11 aliphatic rings. The van der Waals surface area contributed by atoms with Crippen LogP contribution in [0.5, 0.6) is 69.0 Å². The number of carboxylic acids is 1. The molecular weight excluding hydrogens is 1640 g/mol. The van der Waals surface area contributed by atoms with Crippen LogP contribution in [0.25, 0.3) is 0 Å². The Balaban J connectivity index is 0.000000179. The van der Waals surface area contributed by atoms with E-state index in [9.17, 15) is 85.4 Å². The number of carbonyl (C=O) groups excluding carboxylic acids is 3. The van der Waals surface area contributed by atoms with Crippen LogP contribution in [0.1, 0.15) is 76.8 Å². The first-order valence-electron chi connectivity index (χ1n) is 38.3. The quantitative estimate of drug-likeness (QED) is 0.0241. The first-order chi connectivity index (χ1) is 58.9. The van der Waals surface area contributed by atoms with Gasteiger partial charge in [-0.15, -0.1) is 0 Å². The van der Waals surface area contributed by atoms with Gasteiger partial charge in [0.1, 0.15) is 72.9 Å². The molecule has 17 rings (SSSR count). The number of cyclic esters (lactones) is 2. The third-order valence-corrected chi connectivity index (χ3v) is 23.0. The van der Waals surface area contributed by atoms with Crippen LogP contribution in [0.3, 0.4) is 0 Å². The summed E-state index contributed by atoms with van der Waals surface area (Å²) in [5.74, 6) is -0.911. The van der Waals surface area contributed by atoms with Crippen LogP contribution < -0.4 is 63.1 Å². The highest BCUT2D eigenvalue weighted by molar-refractivity contribution is 5.92. The maximum absolute atomic E-state index is 14.0. The largest absolute Gasteiger partial charge is 0.502 e. The number of aromatic hydroxyl groups is 1. The Morgan fingerprint density at radius 2 is 0.943 bits per heavy atom. The summed E-state index contributed by atoms with van der Waals surface area (Å²) in [6.07, 6.45) is -25.8. The lowest BCUT2D eigenvalue weighted by atomic mass is 9.66. The zero-order chi connectivity index (χ0) is 87.6. The molecule has 0 spiro atoms. The molecule has 44 heteroatoms. The van der Waals surface area contributed by atoms with Crippen molar-refractivity contribution < 1.29 is 184 Å². The molecule has 6 aromatic carbocycles. The number of carbonyl (C=O) groups is 4. The summed E-state index contributed by atoms with van der Waals surface area (Å²) < 4.78 is 121. The Morgan fingerprint density at radius 3 is 1.37 bits per heavy atom. The minimum absolute atomic E-state index is 0.00173. The smallest absolute Gasteiger partial charge is 0.419 e. The number of nitrogens with zero attached hydrogens (tertiary/aromatic N) is 3. The van der Waals surface area contributed by atoms with Crippen molar-refractivity contribution in [1.29, 1.82) is 0 Å². The van der Waals surface area contributed by atoms with Crippen LogP contribution >= 0.6 is 0 Å². The van der Waals surface area contributed by atoms with E-state index >= 15 is 0 Å². The summed E-state index contributed by atoms with van der Waals surface area (Å²) >= 11 is 0. The molecule has 1 amide bonds. The molecule has 2 aliphatic carbocycles. The number of amides is 1. The fourth-order valence-corrected chi connectivity index (χ4v) is 17.0. The number of phenolic OH excluding ortho intramolecular Hbond substituents is 1. The molecule has 6 aromatic rings. The fourth-order valence-electron chi connectivity index (χ4n) is 17.0. The number of fused-ring (bicyclic) bond motifs is 8. The van der Waals surface area contributed by atoms with Crippen LogP contribution in [-0.4, -0.2) is 260 Å². The Hall–Kier alpha value is -11.1. The predicted octanol–water partition coefficient (Wildman–Crippen LogP) is 2.87. The third-order valence-electron chi connectivity index (χ3n) is 23.0. The van der Waals surface area contributed by atoms with Gasteiger partial charge in [-0.2, -0.15) is 5.90 Å². The summed E-state index contributed by atoms with van der Waals surface area (Å²) in [6, 6.07) is 20.4. The first-order valence-corrected chi connectivity index (χ1v) is 38.3. The van der Waals surface area contributed by atoms with Crippen LogP contribution in [0.15, 0.2) is 84.9 Å². The summed E-state index contributed by atoms with van der Waals surface area (Å²) in [6.45, 7) is 5.07. The Kier molecular flexibility index (Phi) is 25.1. The number of ether oxygens (including phenoxy) is 21. The van der Waals surface area contributed by atoms with Crippen molar-refractivity contribution in [3.63, 3.8) is 0 Å². The number of nitrogens with two attached hydrogens (primary N) is 1. The SMILES string of the molecule is COc1cc([C@@H]2c3cc4c(cc3C(O[C@@H]3OC5COC(C)O[C@H]5C(O)[C@@H]3O)[C@H]3COC(=O)[C@H]23)OCO4)cc(OC)c1O.COc1cc([C@@H]2c3cc4c(cc3C(O[C@@H]3OC5COC(C)O[C@H]5C(O)[C@@H]3O)[C@H]3COC(=O)[C@H]23)OCO4)cc(OC)c1OC(=O)N(C)c1cc([N+](=O)[O-])ccc1O[C@@H]1OC(C(=O)O)[C@@H](O)C(O)[C@@H]1O.Cc1cc([N+](=O)[O-])ccc1OON. The van der Waals surface area contributed by atoms with E-state index in [-0.39, 0.29) is 91.6 Å². The lowest BCUT2D eigenvalue weighted by Crippen LogP contribution is -2.63. The number of hydrogen-bond donors (Lipinski definition) is 10. The van der Waals surface area contributed by atoms with Gasteiger partial charge in [0.2, 0.25) is 31.4 Å². The molecule has 0 aromatic heterocycles. The van der Waals surface area contributed by atoms with E-state index in [1.54, 1.807) is 57.2 Å². The number of hydrogen-bond acceptors (Lipinski definition) is 40. The van der Waals surface area contributed by atoms with Crippen molar-refractivity contribution in [1.82, 2.24) is 0 Å². The van der Waals surface area contributed by atoms with E-state index in [4.69, 9.17) is 99.5 Å². The fraction of sp³-hybridized carbons (Fsp3) is 0.494. The molecule has 25 atom stereocenters. The lowest BCUT2D eigenvalue weighted by Gasteiger charge is -2.47. The number of aryl methyl sites for hydroxylation is 1. The molecule has 44 nitrogen and oxygen atoms in total. The molecular formula is C79H86N4O40. The maximum atomic E-state index is 14.0. The molecule has 9 heterocycles. The predicted molar refractivity (Wildman–Crippen MR) is 401 cm³/mol. The number of phenols is 1. The molecule has 7 saturated heterocycles. The Morgan fingerprint density at radius 1 is 0.512 bits per heavy atom. The highest BCUT2D eigenvalue weighted by atomic mass is 17.3. The molecule has 10 unspecified atom stereocenters. The number of non-ortho nitro benzene ring substituents is 2. The van der Waals surface area contributed by atoms with Gasteiger partial charge in [-0.1, -0.05) is 4.99 Å². The number of anilines is 1. The van der Waals surface area contributed by atoms with Gasteiger partial charge in [0, 0.05) is 60.5 Å². The number of aliphatic carboxylic acids is 1. The maximum Gasteiger partial charge on any atom is 0.419 e. The minimum atomic E-state index is -2.05. The number of nitro benzene ring substituents is 2. The lowest BCUT2D eigenvalue weighted by molar-refractivity contribution is -0.385. The minimum Gasteiger partial charge on any atom is -0.502 e. The number of esters is 2. The van der Waals surface area contributed by atoms with E-state index in [2.05, 4.69) is 15.8 Å². The highest BCUT2D eigenvalue weighted by Gasteiger charge is 2.59. The standard InChI is InChI=1S/C43H46N2O23.C29H32O13.C7H8N2O4/c1-15-59-13-27-37(63-15)32(48)34(50)42(65-27)66-35-19-11-24-23(61-14-62-24)10-18(19)28(29-20(35)12-60-40(29)53)16-7-25(57-3)36(26(8-16)58-4)68-43(54)44(2)21-9-17(45(55)56)5-6-22(21)64-41-33(49)30(46)31(47)38(67-41)39(51)52;1-11-36-9-20-27(40-11)24(31)25(32)29(41-20)42-26-14-7-17-16(38-10-39-17)6-13(14)21(22-15(26)8-37-28(22)33)12-4-18(34-2)23(30)19(5-12)35-3;1-5-4-6(9(10)11)2-3-7(5)12-13-8/h5-11,15,20,27-35,37-38,41-42,46-50H,12-14H2,1-4H3,(H,51,52);4-7,11,15,20-22,24-27,29-32H,8-10H2,1-3H3;2-4H,8H2,1H3/t15?,20-,27?,28+,29-,30?,31-,32?,33-,34-,35?,37+,38?,41+,42-;11?,15-,20?,21+,22-,24?,25-,26?,27+,29-;/m00./s1. The van der Waals surface area contributed by atoms with Gasteiger partial charge in [-0.25, -0.2) is 9.59 Å². The average Bonchev–Trinajstić information content (AvgIpc) is 1.66. The van der Waals surface area contributed by atoms with Crippen LogP contribution in [0.4, 0.5) is 21.9 Å². The van der Waals surface area contributed by atoms with Crippen molar-refractivity contribution >= 4 is 41.1 Å². The molecule has 11 N–H and O–H groups in total. The zero-order valence-electron chi connectivity index (χ0n) is 66.4. The van der Waals surface area contributed by atoms with Crippen molar-refractivity contribution in [2.45, 2.75) is 150 Å². The van der Waals surface area contributed by atoms with E-state index in [0.29, 0.717) is 67.7 Å². The topological polar surface area (TPSA) is 578 Å². The number of methoxy groups -OCH3 is 4. The average molecular weight is 1730 g/mol. The number of nitro groups is 2. The van der Waals surface area contributed by atoms with E-state index in [0.717, 1.165) is 30.1 Å². The number of benzene rings is 6. The van der Waals surface area contributed by atoms with Gasteiger partial charge >= 0.3 is 24.0 Å². The van der Waals surface area contributed by atoms with Crippen LogP contribution in [-0.2, 0) is 71.5 Å². The van der Waals surface area contributed by atoms with Crippen LogP contribution in [0.2, 0.25) is 0 Å². The molecule has 123 heavy (non-hydrogen) atoms. The monoisotopic (exact) mass is 1730 g/mol. The molecule has 662 valence electrons. The zero-order valence-corrected chi connectivity index (χ0v) is 66.4. The van der Waals surface area contributed by atoms with Gasteiger partial charge in [-0.3, -0.25) is 34.7 Å². The van der Waals surface area contributed by atoms with E-state index < -0.39 is 192 Å². The number of aliphatic hydroxyl groups is 7. The second kappa shape index (κ2) is 35.6. The van der Waals surface area contributed by atoms with Crippen molar-refractivity contribution in [2.24, 2.45) is 29.6 Å². The van der Waals surface area contributed by atoms with Crippen molar-refractivity contribution in [3.05, 3.63) is 144 Å². The van der Waals surface area contributed by atoms with Gasteiger partial charge < -0.3 is 150 Å². The normalized spacial score (nSPS) is 32.0. The molecule has 0 bridgehead atoms. The summed E-state index contributed by atoms with van der Waals surface area (Å²) in [5, 5.41) is 118. The number of rotatable bonds is 19. The van der Waals surface area contributed by atoms with Gasteiger partial charge in [0.05, 0.1) is 94.4 Å². The third kappa shape index (κ3) is 16.5. The summed E-state index contributed by atoms with van der Waals surface area (Å²) in [7, 11) is 6.56. The van der Waals surface area contributed by atoms with Gasteiger partial charge in [0.25, 0.3) is 11.4 Å². The van der Waals surface area contributed by atoms with Crippen molar-refractivity contribution in [2.75, 3.05) is 80.4 Å². The molecule has 0 saturated carbocycles. The van der Waals surface area contributed by atoms with E-state index in [1.807, 2.05) is 0 Å².